The fourth-order valence-electron chi connectivity index (χ4n) is 1.25. The molecule has 0 aromatic rings. The number of carbonyl (C=O) groups excluding carboxylic acids is 2. The highest BCUT2D eigenvalue weighted by atomic mass is 32.2. The van der Waals surface area contributed by atoms with E-state index in [1.165, 1.54) is 6.19 Å². The molecule has 0 aliphatic rings. The summed E-state index contributed by atoms with van der Waals surface area (Å²) in [4.78, 5) is 34.1. The SMILES string of the molecule is CN(C#N)C(=O)C(CS(C)(=O)=O)NC(=O)CCC(=O)O. The monoisotopic (exact) mass is 305 g/mol. The fraction of sp³-hybridized carbons (Fsp3) is 0.600. The van der Waals surface area contributed by atoms with Crippen molar-refractivity contribution in [3.05, 3.63) is 0 Å². The number of sulfone groups is 1. The predicted octanol–water partition coefficient (Wildman–Crippen LogP) is -1.68. The molecule has 9 nitrogen and oxygen atoms in total. The van der Waals surface area contributed by atoms with E-state index in [9.17, 15) is 22.8 Å². The van der Waals surface area contributed by atoms with Gasteiger partial charge in [0.15, 0.2) is 6.19 Å². The summed E-state index contributed by atoms with van der Waals surface area (Å²) in [7, 11) is -2.45. The highest BCUT2D eigenvalue weighted by Gasteiger charge is 2.27. The van der Waals surface area contributed by atoms with E-state index >= 15 is 0 Å². The summed E-state index contributed by atoms with van der Waals surface area (Å²) < 4.78 is 22.4. The number of hydrogen-bond acceptors (Lipinski definition) is 6. The van der Waals surface area contributed by atoms with Crippen LogP contribution in [0.4, 0.5) is 0 Å². The predicted molar refractivity (Wildman–Crippen MR) is 66.9 cm³/mol. The molecule has 2 N–H and O–H groups in total. The molecule has 1 unspecified atom stereocenters. The van der Waals surface area contributed by atoms with Crippen molar-refractivity contribution >= 4 is 27.6 Å². The van der Waals surface area contributed by atoms with E-state index in [2.05, 4.69) is 5.32 Å². The molecule has 0 bridgehead atoms. The first-order chi connectivity index (χ1) is 9.06. The Kier molecular flexibility index (Phi) is 6.64. The van der Waals surface area contributed by atoms with Crippen LogP contribution in [0.1, 0.15) is 12.8 Å². The Morgan fingerprint density at radius 2 is 1.90 bits per heavy atom. The number of carboxylic acid groups (broad SMARTS) is 1. The van der Waals surface area contributed by atoms with Gasteiger partial charge in [-0.2, -0.15) is 5.26 Å². The third kappa shape index (κ3) is 7.32. The summed E-state index contributed by atoms with van der Waals surface area (Å²) in [5.41, 5.74) is 0. The smallest absolute Gasteiger partial charge is 0.303 e. The van der Waals surface area contributed by atoms with Gasteiger partial charge in [0.05, 0.1) is 12.2 Å². The molecule has 0 rings (SSSR count). The molecular weight excluding hydrogens is 290 g/mol. The molecule has 0 saturated carbocycles. The minimum absolute atomic E-state index is 0.390. The van der Waals surface area contributed by atoms with Crippen LogP contribution in [-0.2, 0) is 24.2 Å². The van der Waals surface area contributed by atoms with Crippen LogP contribution in [0.25, 0.3) is 0 Å². The highest BCUT2D eigenvalue weighted by molar-refractivity contribution is 7.90. The van der Waals surface area contributed by atoms with Gasteiger partial charge in [-0.25, -0.2) is 8.42 Å². The van der Waals surface area contributed by atoms with Gasteiger partial charge in [-0.1, -0.05) is 0 Å². The van der Waals surface area contributed by atoms with Gasteiger partial charge in [-0.3, -0.25) is 19.3 Å². The topological polar surface area (TPSA) is 145 Å². The minimum atomic E-state index is -3.57. The lowest BCUT2D eigenvalue weighted by molar-refractivity contribution is -0.139. The number of likely N-dealkylation sites (N-methyl/N-ethyl adjacent to an activating group) is 1. The molecule has 0 aromatic heterocycles. The van der Waals surface area contributed by atoms with E-state index in [1.54, 1.807) is 0 Å². The summed E-state index contributed by atoms with van der Waals surface area (Å²) >= 11 is 0. The van der Waals surface area contributed by atoms with Crippen molar-refractivity contribution in [1.82, 2.24) is 10.2 Å². The van der Waals surface area contributed by atoms with E-state index in [-0.39, 0.29) is 6.42 Å². The number of hydrogen-bond donors (Lipinski definition) is 2. The zero-order chi connectivity index (χ0) is 15.9. The van der Waals surface area contributed by atoms with Crippen LogP contribution in [0.5, 0.6) is 0 Å². The Morgan fingerprint density at radius 3 is 2.30 bits per heavy atom. The van der Waals surface area contributed by atoms with Gasteiger partial charge < -0.3 is 10.4 Å². The summed E-state index contributed by atoms with van der Waals surface area (Å²) in [6.07, 6.45) is 1.54. The van der Waals surface area contributed by atoms with Crippen LogP contribution < -0.4 is 5.32 Å². The van der Waals surface area contributed by atoms with Gasteiger partial charge in [0.2, 0.25) is 5.91 Å². The average Bonchev–Trinajstić information content (AvgIpc) is 2.32. The minimum Gasteiger partial charge on any atom is -0.481 e. The Bertz CT molecular complexity index is 536. The third-order valence-corrected chi connectivity index (χ3v) is 3.09. The van der Waals surface area contributed by atoms with Crippen molar-refractivity contribution < 1.29 is 27.9 Å². The highest BCUT2D eigenvalue weighted by Crippen LogP contribution is 1.99. The molecule has 112 valence electrons. The molecule has 0 heterocycles. The number of nitrogens with one attached hydrogen (secondary N) is 1. The van der Waals surface area contributed by atoms with Crippen LogP contribution in [-0.4, -0.2) is 61.3 Å². The van der Waals surface area contributed by atoms with E-state index in [4.69, 9.17) is 10.4 Å². The standard InChI is InChI=1S/C10H15N3O6S/c1-13(6-11)10(17)7(5-20(2,18)19)12-8(14)3-4-9(15)16/h7H,3-5H2,1-2H3,(H,12,14)(H,15,16). The zero-order valence-corrected chi connectivity index (χ0v) is 11.8. The summed E-state index contributed by atoms with van der Waals surface area (Å²) in [5.74, 6) is -3.53. The lowest BCUT2D eigenvalue weighted by Gasteiger charge is -2.19. The number of nitrogens with zero attached hydrogens (tertiary/aromatic N) is 2. The molecule has 0 aromatic carbocycles. The van der Waals surface area contributed by atoms with Crippen molar-refractivity contribution in [1.29, 1.82) is 5.26 Å². The Hall–Kier alpha value is -2.15. The van der Waals surface area contributed by atoms with Crippen LogP contribution >= 0.6 is 0 Å². The quantitative estimate of drug-likeness (QED) is 0.422. The third-order valence-electron chi connectivity index (χ3n) is 2.15. The molecule has 0 fully saturated rings. The van der Waals surface area contributed by atoms with Crippen molar-refractivity contribution in [3.63, 3.8) is 0 Å². The maximum atomic E-state index is 11.7. The summed E-state index contributed by atoms with van der Waals surface area (Å²) in [6.45, 7) is 0. The largest absolute Gasteiger partial charge is 0.481 e. The van der Waals surface area contributed by atoms with Crippen molar-refractivity contribution in [2.75, 3.05) is 19.1 Å². The molecule has 0 spiro atoms. The van der Waals surface area contributed by atoms with Crippen molar-refractivity contribution in [2.24, 2.45) is 0 Å². The van der Waals surface area contributed by atoms with E-state index in [0.29, 0.717) is 4.90 Å². The first kappa shape index (κ1) is 17.8. The fourth-order valence-corrected chi connectivity index (χ4v) is 2.08. The number of nitriles is 1. The molecule has 1 atom stereocenters. The number of aliphatic carboxylic acids is 1. The second kappa shape index (κ2) is 7.44. The van der Waals surface area contributed by atoms with Crippen molar-refractivity contribution in [2.45, 2.75) is 18.9 Å². The molecule has 20 heavy (non-hydrogen) atoms. The van der Waals surface area contributed by atoms with Crippen LogP contribution in [0, 0.1) is 11.5 Å². The van der Waals surface area contributed by atoms with Gasteiger partial charge in [0.25, 0.3) is 5.91 Å². The second-order valence-electron chi connectivity index (χ2n) is 4.10. The lowest BCUT2D eigenvalue weighted by Crippen LogP contribution is -2.49. The van der Waals surface area contributed by atoms with Gasteiger partial charge in [-0.05, 0) is 0 Å². The normalized spacial score (nSPS) is 12.1. The summed E-state index contributed by atoms with van der Waals surface area (Å²) in [5, 5.41) is 19.1. The first-order valence-corrected chi connectivity index (χ1v) is 7.49. The van der Waals surface area contributed by atoms with Crippen LogP contribution in [0.2, 0.25) is 0 Å². The Labute approximate surface area is 116 Å². The molecule has 10 heteroatoms. The number of rotatable bonds is 7. The molecule has 0 radical (unpaired) electrons. The van der Waals surface area contributed by atoms with Crippen molar-refractivity contribution in [3.8, 4) is 6.19 Å². The maximum Gasteiger partial charge on any atom is 0.303 e. The van der Waals surface area contributed by atoms with Crippen LogP contribution in [0.3, 0.4) is 0 Å². The van der Waals surface area contributed by atoms with Gasteiger partial charge in [-0.15, -0.1) is 0 Å². The number of carboxylic acids is 1. The summed E-state index contributed by atoms with van der Waals surface area (Å²) in [6, 6.07) is -1.42. The van der Waals surface area contributed by atoms with Gasteiger partial charge in [0, 0.05) is 19.7 Å². The molecule has 2 amide bonds. The average molecular weight is 305 g/mol. The molecule has 0 aliphatic carbocycles. The zero-order valence-electron chi connectivity index (χ0n) is 11.0. The first-order valence-electron chi connectivity index (χ1n) is 5.43. The molecule has 0 saturated heterocycles. The van der Waals surface area contributed by atoms with E-state index in [1.807, 2.05) is 0 Å². The van der Waals surface area contributed by atoms with Gasteiger partial charge in [0.1, 0.15) is 15.9 Å². The maximum absolute atomic E-state index is 11.7. The van der Waals surface area contributed by atoms with Gasteiger partial charge >= 0.3 is 5.97 Å². The second-order valence-corrected chi connectivity index (χ2v) is 6.29. The van der Waals surface area contributed by atoms with E-state index in [0.717, 1.165) is 13.3 Å². The number of amides is 2. The van der Waals surface area contributed by atoms with Crippen LogP contribution in [0.15, 0.2) is 0 Å². The Morgan fingerprint density at radius 1 is 1.35 bits per heavy atom. The van der Waals surface area contributed by atoms with E-state index < -0.39 is 45.8 Å². The Balaban J connectivity index is 4.87. The lowest BCUT2D eigenvalue weighted by atomic mass is 10.2. The number of carbonyl (C=O) groups is 3. The molecular formula is C10H15N3O6S. The molecule has 0 aliphatic heterocycles.